The highest BCUT2D eigenvalue weighted by atomic mass is 19.1. The van der Waals surface area contributed by atoms with Gasteiger partial charge in [0.2, 0.25) is 5.43 Å². The fourth-order valence-electron chi connectivity index (χ4n) is 3.39. The van der Waals surface area contributed by atoms with Crippen molar-refractivity contribution in [3.05, 3.63) is 58.1 Å². The molecule has 4 rings (SSSR count). The minimum atomic E-state index is -1.32. The lowest BCUT2D eigenvalue weighted by Crippen LogP contribution is -2.43. The Labute approximate surface area is 142 Å². The van der Waals surface area contributed by atoms with Crippen LogP contribution in [-0.4, -0.2) is 41.7 Å². The third kappa shape index (κ3) is 2.44. The lowest BCUT2D eigenvalue weighted by Gasteiger charge is -2.30. The first-order valence-electron chi connectivity index (χ1n) is 8.03. The van der Waals surface area contributed by atoms with Crippen LogP contribution in [0.4, 0.5) is 10.1 Å². The highest BCUT2D eigenvalue weighted by molar-refractivity contribution is 6.01. The zero-order valence-electron chi connectivity index (χ0n) is 13.3. The van der Waals surface area contributed by atoms with Gasteiger partial charge in [-0.3, -0.25) is 4.79 Å². The van der Waals surface area contributed by atoms with E-state index >= 15 is 0 Å². The molecule has 1 saturated heterocycles. The third-order valence-electron chi connectivity index (χ3n) is 4.58. The molecule has 1 aliphatic heterocycles. The van der Waals surface area contributed by atoms with E-state index in [-0.39, 0.29) is 10.9 Å². The number of halogens is 1. The normalized spacial score (nSPS) is 15.0. The van der Waals surface area contributed by atoms with E-state index in [0.717, 1.165) is 19.2 Å². The Bertz CT molecular complexity index is 1050. The monoisotopic (exact) mass is 341 g/mol. The SMILES string of the molecule is O=C(O)c1c(=O)c2cc(F)c(N3CCNCC3)cc2n2ccccc12. The maximum Gasteiger partial charge on any atom is 0.341 e. The second-order valence-corrected chi connectivity index (χ2v) is 6.02. The first kappa shape index (κ1) is 15.6. The fraction of sp³-hybridized carbons (Fsp3) is 0.222. The van der Waals surface area contributed by atoms with Crippen molar-refractivity contribution >= 4 is 28.1 Å². The van der Waals surface area contributed by atoms with Gasteiger partial charge in [-0.15, -0.1) is 0 Å². The molecule has 0 atom stereocenters. The number of fused-ring (bicyclic) bond motifs is 3. The number of anilines is 1. The summed E-state index contributed by atoms with van der Waals surface area (Å²) in [6.07, 6.45) is 1.68. The molecule has 0 saturated carbocycles. The molecule has 25 heavy (non-hydrogen) atoms. The van der Waals surface area contributed by atoms with Crippen LogP contribution < -0.4 is 15.6 Å². The molecule has 3 aromatic rings. The van der Waals surface area contributed by atoms with Gasteiger partial charge < -0.3 is 19.7 Å². The van der Waals surface area contributed by atoms with Crippen LogP contribution in [0.2, 0.25) is 0 Å². The molecule has 6 nitrogen and oxygen atoms in total. The topological polar surface area (TPSA) is 74.0 Å². The van der Waals surface area contributed by atoms with E-state index in [0.29, 0.717) is 29.8 Å². The molecule has 2 N–H and O–H groups in total. The number of aromatic nitrogens is 1. The molecule has 0 radical (unpaired) electrons. The molecule has 1 aliphatic rings. The first-order valence-corrected chi connectivity index (χ1v) is 8.03. The molecule has 1 fully saturated rings. The van der Waals surface area contributed by atoms with E-state index in [1.807, 2.05) is 4.90 Å². The number of nitrogens with zero attached hydrogens (tertiary/aromatic N) is 2. The van der Waals surface area contributed by atoms with Gasteiger partial charge in [-0.1, -0.05) is 6.07 Å². The van der Waals surface area contributed by atoms with Crippen LogP contribution in [-0.2, 0) is 0 Å². The number of piperazine rings is 1. The third-order valence-corrected chi connectivity index (χ3v) is 4.58. The zero-order valence-corrected chi connectivity index (χ0v) is 13.3. The number of carboxylic acid groups (broad SMARTS) is 1. The number of hydrogen-bond donors (Lipinski definition) is 2. The van der Waals surface area contributed by atoms with Gasteiger partial charge in [-0.2, -0.15) is 0 Å². The Morgan fingerprint density at radius 1 is 1.16 bits per heavy atom. The minimum absolute atomic E-state index is 0.0671. The van der Waals surface area contributed by atoms with Gasteiger partial charge in [0, 0.05) is 37.8 Å². The summed E-state index contributed by atoms with van der Waals surface area (Å²) < 4.78 is 16.3. The summed E-state index contributed by atoms with van der Waals surface area (Å²) in [7, 11) is 0. The van der Waals surface area contributed by atoms with Crippen molar-refractivity contribution in [2.75, 3.05) is 31.1 Å². The summed E-state index contributed by atoms with van der Waals surface area (Å²) in [5, 5.41) is 12.7. The van der Waals surface area contributed by atoms with Crippen LogP contribution >= 0.6 is 0 Å². The molecule has 128 valence electrons. The first-order chi connectivity index (χ1) is 12.1. The van der Waals surface area contributed by atoms with E-state index in [2.05, 4.69) is 5.32 Å². The molecule has 1 aromatic carbocycles. The quantitative estimate of drug-likeness (QED) is 0.694. The molecule has 2 aromatic heterocycles. The number of benzene rings is 1. The molecule has 0 amide bonds. The van der Waals surface area contributed by atoms with Crippen molar-refractivity contribution in [1.82, 2.24) is 9.72 Å². The predicted octanol–water partition coefficient (Wildman–Crippen LogP) is 1.70. The highest BCUT2D eigenvalue weighted by Gasteiger charge is 2.21. The number of aromatic carboxylic acids is 1. The highest BCUT2D eigenvalue weighted by Crippen LogP contribution is 2.26. The summed E-state index contributed by atoms with van der Waals surface area (Å²) in [6.45, 7) is 2.86. The summed E-state index contributed by atoms with van der Waals surface area (Å²) in [6, 6.07) is 7.79. The Kier molecular flexibility index (Phi) is 3.65. The van der Waals surface area contributed by atoms with Crippen LogP contribution in [0.3, 0.4) is 0 Å². The summed E-state index contributed by atoms with van der Waals surface area (Å²) in [5.74, 6) is -1.83. The van der Waals surface area contributed by atoms with E-state index in [1.165, 1.54) is 0 Å². The second-order valence-electron chi connectivity index (χ2n) is 6.02. The van der Waals surface area contributed by atoms with Crippen LogP contribution in [0.15, 0.2) is 41.3 Å². The molecular weight excluding hydrogens is 325 g/mol. The van der Waals surface area contributed by atoms with Gasteiger partial charge in [-0.25, -0.2) is 9.18 Å². The van der Waals surface area contributed by atoms with Gasteiger partial charge in [0.05, 0.1) is 16.7 Å². The van der Waals surface area contributed by atoms with Crippen molar-refractivity contribution in [2.45, 2.75) is 0 Å². The molecule has 7 heteroatoms. The molecule has 0 aliphatic carbocycles. The van der Waals surface area contributed by atoms with Crippen molar-refractivity contribution in [3.8, 4) is 0 Å². The standard InChI is InChI=1S/C18H16FN3O3/c19-12-9-11-14(10-15(12)21-7-4-20-5-8-21)22-6-2-1-3-13(22)16(17(11)23)18(24)25/h1-3,6,9-10,20H,4-5,7-8H2,(H,24,25). The molecular formula is C18H16FN3O3. The number of carbonyl (C=O) groups is 1. The Hall–Kier alpha value is -2.93. The second kappa shape index (κ2) is 5.86. The van der Waals surface area contributed by atoms with Crippen molar-refractivity contribution in [3.63, 3.8) is 0 Å². The lowest BCUT2D eigenvalue weighted by molar-refractivity contribution is 0.0697. The maximum absolute atomic E-state index is 14.7. The lowest BCUT2D eigenvalue weighted by atomic mass is 10.1. The van der Waals surface area contributed by atoms with Crippen molar-refractivity contribution < 1.29 is 14.3 Å². The largest absolute Gasteiger partial charge is 0.477 e. The van der Waals surface area contributed by atoms with Gasteiger partial charge in [0.1, 0.15) is 11.4 Å². The van der Waals surface area contributed by atoms with Gasteiger partial charge in [-0.05, 0) is 24.3 Å². The molecule has 0 bridgehead atoms. The van der Waals surface area contributed by atoms with Gasteiger partial charge >= 0.3 is 5.97 Å². The number of rotatable bonds is 2. The average molecular weight is 341 g/mol. The Morgan fingerprint density at radius 3 is 2.64 bits per heavy atom. The van der Waals surface area contributed by atoms with Crippen LogP contribution in [0.1, 0.15) is 10.4 Å². The summed E-state index contributed by atoms with van der Waals surface area (Å²) in [4.78, 5) is 26.1. The van der Waals surface area contributed by atoms with E-state index in [4.69, 9.17) is 0 Å². The van der Waals surface area contributed by atoms with Gasteiger partial charge in [0.15, 0.2) is 0 Å². The number of hydrogen-bond acceptors (Lipinski definition) is 4. The van der Waals surface area contributed by atoms with Crippen LogP contribution in [0, 0.1) is 5.82 Å². The average Bonchev–Trinajstić information content (AvgIpc) is 2.62. The van der Waals surface area contributed by atoms with E-state index < -0.39 is 17.2 Å². The van der Waals surface area contributed by atoms with Crippen LogP contribution in [0.5, 0.6) is 0 Å². The smallest absolute Gasteiger partial charge is 0.341 e. The summed E-state index contributed by atoms with van der Waals surface area (Å²) >= 11 is 0. The number of pyridine rings is 2. The van der Waals surface area contributed by atoms with Crippen molar-refractivity contribution in [2.24, 2.45) is 0 Å². The Morgan fingerprint density at radius 2 is 1.92 bits per heavy atom. The predicted molar refractivity (Wildman–Crippen MR) is 93.2 cm³/mol. The maximum atomic E-state index is 14.7. The van der Waals surface area contributed by atoms with Crippen molar-refractivity contribution in [1.29, 1.82) is 0 Å². The molecule has 3 heterocycles. The number of carboxylic acids is 1. The molecule has 0 unspecified atom stereocenters. The minimum Gasteiger partial charge on any atom is -0.477 e. The zero-order chi connectivity index (χ0) is 17.6. The molecule has 0 spiro atoms. The summed E-state index contributed by atoms with van der Waals surface area (Å²) in [5.41, 5.74) is 0.210. The van der Waals surface area contributed by atoms with Gasteiger partial charge in [0.25, 0.3) is 0 Å². The van der Waals surface area contributed by atoms with Crippen LogP contribution in [0.25, 0.3) is 16.4 Å². The fourth-order valence-corrected chi connectivity index (χ4v) is 3.39. The Balaban J connectivity index is 2.08. The van der Waals surface area contributed by atoms with E-state index in [1.54, 1.807) is 34.9 Å². The number of nitrogens with one attached hydrogen (secondary N) is 1. The van der Waals surface area contributed by atoms with E-state index in [9.17, 15) is 19.1 Å².